The zero-order valence-corrected chi connectivity index (χ0v) is 9.24. The van der Waals surface area contributed by atoms with Crippen molar-refractivity contribution in [3.63, 3.8) is 0 Å². The first-order valence-electron chi connectivity index (χ1n) is 5.01. The first-order chi connectivity index (χ1) is 7.88. The third kappa shape index (κ3) is 1.42. The van der Waals surface area contributed by atoms with E-state index in [-0.39, 0.29) is 5.92 Å². The molecule has 3 rings (SSSR count). The summed E-state index contributed by atoms with van der Waals surface area (Å²) in [5, 5.41) is 0.951. The lowest BCUT2D eigenvalue weighted by molar-refractivity contribution is 0.112. The van der Waals surface area contributed by atoms with E-state index in [1.807, 2.05) is 18.2 Å². The van der Waals surface area contributed by atoms with Gasteiger partial charge in [0.05, 0.1) is 10.8 Å². The number of hydrogen-bond acceptors (Lipinski definition) is 4. The highest BCUT2D eigenvalue weighted by atomic mass is 32.1. The molecule has 1 aliphatic heterocycles. The maximum absolute atomic E-state index is 10.6. The Morgan fingerprint density at radius 3 is 3.12 bits per heavy atom. The molecular formula is C12H9NO2S. The Morgan fingerprint density at radius 2 is 2.31 bits per heavy atom. The number of aldehydes is 1. The zero-order chi connectivity index (χ0) is 11.0. The van der Waals surface area contributed by atoms with E-state index in [1.54, 1.807) is 6.20 Å². The Labute approximate surface area is 96.7 Å². The van der Waals surface area contributed by atoms with Gasteiger partial charge in [0.1, 0.15) is 17.4 Å². The van der Waals surface area contributed by atoms with E-state index in [0.717, 1.165) is 22.6 Å². The predicted octanol–water partition coefficient (Wildman–Crippen LogP) is 2.48. The number of aromatic nitrogens is 1. The highest BCUT2D eigenvalue weighted by Gasteiger charge is 2.27. The number of para-hydroxylation sites is 1. The highest BCUT2D eigenvalue weighted by Crippen LogP contribution is 2.38. The van der Waals surface area contributed by atoms with E-state index >= 15 is 0 Å². The zero-order valence-electron chi connectivity index (χ0n) is 8.42. The van der Waals surface area contributed by atoms with Crippen LogP contribution in [0, 0.1) is 0 Å². The summed E-state index contributed by atoms with van der Waals surface area (Å²) in [7, 11) is 0. The minimum atomic E-state index is 0.176. The summed E-state index contributed by atoms with van der Waals surface area (Å²) in [5.41, 5.74) is 1.16. The second-order valence-corrected chi connectivity index (χ2v) is 4.71. The van der Waals surface area contributed by atoms with Gasteiger partial charge in [0.2, 0.25) is 0 Å². The Balaban J connectivity index is 2.01. The number of carbonyl (C=O) groups excluding carboxylic acids is 1. The molecule has 0 saturated heterocycles. The van der Waals surface area contributed by atoms with E-state index < -0.39 is 0 Å². The molecule has 2 aromatic rings. The molecule has 3 nitrogen and oxygen atoms in total. The number of fused-ring (bicyclic) bond motifs is 1. The molecule has 1 aliphatic rings. The van der Waals surface area contributed by atoms with Gasteiger partial charge in [-0.2, -0.15) is 0 Å². The van der Waals surface area contributed by atoms with Crippen LogP contribution in [0.3, 0.4) is 0 Å². The second kappa shape index (κ2) is 3.72. The molecule has 0 spiro atoms. The van der Waals surface area contributed by atoms with E-state index in [9.17, 15) is 4.79 Å². The van der Waals surface area contributed by atoms with Crippen LogP contribution < -0.4 is 4.74 Å². The third-order valence-electron chi connectivity index (χ3n) is 2.66. The molecule has 0 fully saturated rings. The Kier molecular flexibility index (Phi) is 2.22. The summed E-state index contributed by atoms with van der Waals surface area (Å²) < 4.78 is 5.59. The molecule has 1 aromatic carbocycles. The maximum atomic E-state index is 10.6. The number of carbonyl (C=O) groups is 1. The van der Waals surface area contributed by atoms with Crippen molar-refractivity contribution in [3.05, 3.63) is 45.9 Å². The predicted molar refractivity (Wildman–Crippen MR) is 61.3 cm³/mol. The SMILES string of the molecule is O=Cc1cnc(C2COc3ccccc32)s1. The summed E-state index contributed by atoms with van der Waals surface area (Å²) in [5.74, 6) is 1.10. The molecule has 1 atom stereocenters. The van der Waals surface area contributed by atoms with Gasteiger partial charge in [-0.1, -0.05) is 18.2 Å². The average Bonchev–Trinajstić information content (AvgIpc) is 2.94. The molecule has 2 heterocycles. The van der Waals surface area contributed by atoms with Gasteiger partial charge in [0, 0.05) is 11.8 Å². The van der Waals surface area contributed by atoms with Crippen LogP contribution in [-0.4, -0.2) is 17.9 Å². The number of benzene rings is 1. The Bertz CT molecular complexity index is 535. The van der Waals surface area contributed by atoms with E-state index in [4.69, 9.17) is 4.74 Å². The summed E-state index contributed by atoms with van der Waals surface area (Å²) in [6.45, 7) is 0.616. The summed E-state index contributed by atoms with van der Waals surface area (Å²) in [4.78, 5) is 15.6. The van der Waals surface area contributed by atoms with Crippen molar-refractivity contribution in [2.75, 3.05) is 6.61 Å². The number of hydrogen-bond donors (Lipinski definition) is 0. The van der Waals surface area contributed by atoms with Crippen LogP contribution in [0.4, 0.5) is 0 Å². The summed E-state index contributed by atoms with van der Waals surface area (Å²) in [6, 6.07) is 7.97. The summed E-state index contributed by atoms with van der Waals surface area (Å²) >= 11 is 1.43. The van der Waals surface area contributed by atoms with Crippen molar-refractivity contribution in [2.24, 2.45) is 0 Å². The van der Waals surface area contributed by atoms with Crippen molar-refractivity contribution in [1.29, 1.82) is 0 Å². The Hall–Kier alpha value is -1.68. The highest BCUT2D eigenvalue weighted by molar-refractivity contribution is 7.13. The van der Waals surface area contributed by atoms with Crippen molar-refractivity contribution in [2.45, 2.75) is 5.92 Å². The smallest absolute Gasteiger partial charge is 0.161 e. The fourth-order valence-electron chi connectivity index (χ4n) is 1.88. The Morgan fingerprint density at radius 1 is 1.44 bits per heavy atom. The van der Waals surface area contributed by atoms with Gasteiger partial charge in [0.25, 0.3) is 0 Å². The van der Waals surface area contributed by atoms with Crippen LogP contribution in [0.25, 0.3) is 0 Å². The second-order valence-electron chi connectivity index (χ2n) is 3.62. The van der Waals surface area contributed by atoms with E-state index in [1.165, 1.54) is 11.3 Å². The van der Waals surface area contributed by atoms with Crippen LogP contribution >= 0.6 is 11.3 Å². The lowest BCUT2D eigenvalue weighted by Crippen LogP contribution is -2.01. The van der Waals surface area contributed by atoms with Gasteiger partial charge < -0.3 is 4.74 Å². The van der Waals surface area contributed by atoms with Gasteiger partial charge in [0.15, 0.2) is 6.29 Å². The molecule has 0 amide bonds. The minimum absolute atomic E-state index is 0.176. The molecule has 0 bridgehead atoms. The van der Waals surface area contributed by atoms with Crippen molar-refractivity contribution in [3.8, 4) is 5.75 Å². The van der Waals surface area contributed by atoms with Crippen LogP contribution in [-0.2, 0) is 0 Å². The van der Waals surface area contributed by atoms with Gasteiger partial charge in [-0.15, -0.1) is 11.3 Å². The number of rotatable bonds is 2. The fourth-order valence-corrected chi connectivity index (χ4v) is 2.72. The topological polar surface area (TPSA) is 39.2 Å². The monoisotopic (exact) mass is 231 g/mol. The molecule has 0 aliphatic carbocycles. The number of ether oxygens (including phenoxy) is 1. The number of thiazole rings is 1. The maximum Gasteiger partial charge on any atom is 0.161 e. The standard InChI is InChI=1S/C12H9NO2S/c14-6-8-5-13-12(16-8)10-7-15-11-4-2-1-3-9(10)11/h1-6,10H,7H2. The number of nitrogens with zero attached hydrogens (tertiary/aromatic N) is 1. The van der Waals surface area contributed by atoms with Gasteiger partial charge in [-0.05, 0) is 6.07 Å². The largest absolute Gasteiger partial charge is 0.492 e. The van der Waals surface area contributed by atoms with Crippen molar-refractivity contribution < 1.29 is 9.53 Å². The van der Waals surface area contributed by atoms with Gasteiger partial charge >= 0.3 is 0 Å². The van der Waals surface area contributed by atoms with Crippen molar-refractivity contribution >= 4 is 17.6 Å². The van der Waals surface area contributed by atoms with Crippen LogP contribution in [0.1, 0.15) is 26.2 Å². The molecule has 0 N–H and O–H groups in total. The molecule has 1 aromatic heterocycles. The minimum Gasteiger partial charge on any atom is -0.492 e. The normalized spacial score (nSPS) is 17.9. The van der Waals surface area contributed by atoms with Crippen LogP contribution in [0.5, 0.6) is 5.75 Å². The first kappa shape index (κ1) is 9.54. The molecular weight excluding hydrogens is 222 g/mol. The molecule has 0 radical (unpaired) electrons. The van der Waals surface area contributed by atoms with Gasteiger partial charge in [-0.25, -0.2) is 4.98 Å². The molecule has 80 valence electrons. The quantitative estimate of drug-likeness (QED) is 0.745. The molecule has 4 heteroatoms. The average molecular weight is 231 g/mol. The lowest BCUT2D eigenvalue weighted by atomic mass is 10.0. The van der Waals surface area contributed by atoms with Crippen LogP contribution in [0.15, 0.2) is 30.5 Å². The van der Waals surface area contributed by atoms with Crippen molar-refractivity contribution in [1.82, 2.24) is 4.98 Å². The van der Waals surface area contributed by atoms with E-state index in [0.29, 0.717) is 11.5 Å². The molecule has 0 saturated carbocycles. The van der Waals surface area contributed by atoms with Crippen LogP contribution in [0.2, 0.25) is 0 Å². The lowest BCUT2D eigenvalue weighted by Gasteiger charge is -2.03. The first-order valence-corrected chi connectivity index (χ1v) is 5.83. The molecule has 16 heavy (non-hydrogen) atoms. The third-order valence-corrected chi connectivity index (χ3v) is 3.69. The fraction of sp³-hybridized carbons (Fsp3) is 0.167. The molecule has 1 unspecified atom stereocenters. The summed E-state index contributed by atoms with van der Waals surface area (Å²) in [6.07, 6.45) is 2.46. The van der Waals surface area contributed by atoms with Gasteiger partial charge in [-0.3, -0.25) is 4.79 Å². The van der Waals surface area contributed by atoms with E-state index in [2.05, 4.69) is 11.1 Å².